The third kappa shape index (κ3) is 3.46. The Morgan fingerprint density at radius 2 is 2.00 bits per heavy atom. The fourth-order valence-electron chi connectivity index (χ4n) is 2.33. The van der Waals surface area contributed by atoms with Crippen molar-refractivity contribution in [2.24, 2.45) is 5.73 Å². The molecule has 0 aromatic heterocycles. The van der Waals surface area contributed by atoms with E-state index in [0.29, 0.717) is 6.54 Å². The van der Waals surface area contributed by atoms with Crippen LogP contribution in [0, 0.1) is 0 Å². The monoisotopic (exact) mass is 227 g/mol. The first-order chi connectivity index (χ1) is 7.70. The molecule has 2 N–H and O–H groups in total. The molecular weight excluding hydrogens is 202 g/mol. The van der Waals surface area contributed by atoms with E-state index in [4.69, 9.17) is 5.73 Å². The molecule has 1 amide bonds. The van der Waals surface area contributed by atoms with Crippen molar-refractivity contribution in [3.05, 3.63) is 0 Å². The molecule has 1 saturated heterocycles. The van der Waals surface area contributed by atoms with Crippen LogP contribution in [0.15, 0.2) is 0 Å². The lowest BCUT2D eigenvalue weighted by atomic mass is 10.1. The molecular formula is C12H25N3O. The van der Waals surface area contributed by atoms with Gasteiger partial charge in [0, 0.05) is 26.2 Å². The van der Waals surface area contributed by atoms with Crippen molar-refractivity contribution >= 4 is 5.91 Å². The van der Waals surface area contributed by atoms with Crippen LogP contribution in [0.2, 0.25) is 0 Å². The lowest BCUT2D eigenvalue weighted by Crippen LogP contribution is -2.49. The number of nitrogens with zero attached hydrogens (tertiary/aromatic N) is 2. The molecule has 4 heteroatoms. The number of rotatable bonds is 5. The van der Waals surface area contributed by atoms with E-state index in [1.165, 1.54) is 6.42 Å². The van der Waals surface area contributed by atoms with Crippen LogP contribution >= 0.6 is 0 Å². The zero-order valence-corrected chi connectivity index (χ0v) is 10.6. The predicted octanol–water partition coefficient (Wildman–Crippen LogP) is 0.668. The van der Waals surface area contributed by atoms with E-state index >= 15 is 0 Å². The Balaban J connectivity index is 2.49. The number of nitrogens with two attached hydrogens (primary N) is 1. The lowest BCUT2D eigenvalue weighted by Gasteiger charge is -2.33. The Morgan fingerprint density at radius 1 is 1.38 bits per heavy atom. The SMILES string of the molecule is CCN(CCN)C(C)C(=O)N1CCCCC1. The molecule has 1 rings (SSSR count). The van der Waals surface area contributed by atoms with E-state index < -0.39 is 0 Å². The van der Waals surface area contributed by atoms with Gasteiger partial charge in [-0.05, 0) is 32.7 Å². The minimum atomic E-state index is -0.0216. The van der Waals surface area contributed by atoms with Crippen molar-refractivity contribution < 1.29 is 4.79 Å². The summed E-state index contributed by atoms with van der Waals surface area (Å²) in [6.07, 6.45) is 3.57. The molecule has 1 heterocycles. The number of hydrogen-bond donors (Lipinski definition) is 1. The van der Waals surface area contributed by atoms with Crippen LogP contribution in [0.1, 0.15) is 33.1 Å². The van der Waals surface area contributed by atoms with Gasteiger partial charge in [-0.25, -0.2) is 0 Å². The summed E-state index contributed by atoms with van der Waals surface area (Å²) < 4.78 is 0. The molecule has 0 aromatic carbocycles. The first-order valence-corrected chi connectivity index (χ1v) is 6.43. The van der Waals surface area contributed by atoms with Crippen LogP contribution in [0.5, 0.6) is 0 Å². The molecule has 4 nitrogen and oxygen atoms in total. The molecule has 0 aromatic rings. The number of likely N-dealkylation sites (N-methyl/N-ethyl adjacent to an activating group) is 1. The second kappa shape index (κ2) is 6.86. The number of hydrogen-bond acceptors (Lipinski definition) is 3. The standard InChI is InChI=1S/C12H25N3O/c1-3-14(10-7-13)11(2)12(16)15-8-5-4-6-9-15/h11H,3-10,13H2,1-2H3. The maximum atomic E-state index is 12.2. The van der Waals surface area contributed by atoms with Crippen molar-refractivity contribution in [2.75, 3.05) is 32.7 Å². The zero-order valence-electron chi connectivity index (χ0n) is 10.6. The van der Waals surface area contributed by atoms with Gasteiger partial charge in [0.2, 0.25) is 5.91 Å². The first kappa shape index (κ1) is 13.5. The van der Waals surface area contributed by atoms with E-state index in [1.54, 1.807) is 0 Å². The van der Waals surface area contributed by atoms with Crippen molar-refractivity contribution in [3.8, 4) is 0 Å². The molecule has 16 heavy (non-hydrogen) atoms. The summed E-state index contributed by atoms with van der Waals surface area (Å²) in [6.45, 7) is 8.25. The Bertz CT molecular complexity index is 214. The highest BCUT2D eigenvalue weighted by Crippen LogP contribution is 2.12. The fraction of sp³-hybridized carbons (Fsp3) is 0.917. The summed E-state index contributed by atoms with van der Waals surface area (Å²) >= 11 is 0. The summed E-state index contributed by atoms with van der Waals surface area (Å²) in [6, 6.07) is -0.0216. The van der Waals surface area contributed by atoms with E-state index in [1.807, 2.05) is 11.8 Å². The highest BCUT2D eigenvalue weighted by molar-refractivity contribution is 5.81. The number of likely N-dealkylation sites (tertiary alicyclic amines) is 1. The molecule has 1 aliphatic heterocycles. The van der Waals surface area contributed by atoms with Gasteiger partial charge in [-0.2, -0.15) is 0 Å². The largest absolute Gasteiger partial charge is 0.341 e. The van der Waals surface area contributed by atoms with E-state index in [-0.39, 0.29) is 11.9 Å². The van der Waals surface area contributed by atoms with Gasteiger partial charge in [0.05, 0.1) is 6.04 Å². The maximum absolute atomic E-state index is 12.2. The second-order valence-corrected chi connectivity index (χ2v) is 4.48. The van der Waals surface area contributed by atoms with Crippen LogP contribution in [0.4, 0.5) is 0 Å². The molecule has 0 radical (unpaired) electrons. The van der Waals surface area contributed by atoms with Gasteiger partial charge in [-0.15, -0.1) is 0 Å². The fourth-order valence-corrected chi connectivity index (χ4v) is 2.33. The Kier molecular flexibility index (Phi) is 5.77. The number of amides is 1. The molecule has 0 bridgehead atoms. The molecule has 0 saturated carbocycles. The van der Waals surface area contributed by atoms with Gasteiger partial charge < -0.3 is 10.6 Å². The lowest BCUT2D eigenvalue weighted by molar-refractivity contribution is -0.137. The Morgan fingerprint density at radius 3 is 2.50 bits per heavy atom. The number of piperidine rings is 1. The summed E-state index contributed by atoms with van der Waals surface area (Å²) in [7, 11) is 0. The highest BCUT2D eigenvalue weighted by Gasteiger charge is 2.25. The van der Waals surface area contributed by atoms with Crippen LogP contribution in [-0.4, -0.2) is 54.5 Å². The van der Waals surface area contributed by atoms with Gasteiger partial charge >= 0.3 is 0 Å². The van der Waals surface area contributed by atoms with Crippen molar-refractivity contribution in [2.45, 2.75) is 39.2 Å². The quantitative estimate of drug-likeness (QED) is 0.751. The number of carbonyl (C=O) groups is 1. The van der Waals surface area contributed by atoms with Crippen LogP contribution < -0.4 is 5.73 Å². The maximum Gasteiger partial charge on any atom is 0.239 e. The average molecular weight is 227 g/mol. The first-order valence-electron chi connectivity index (χ1n) is 6.43. The second-order valence-electron chi connectivity index (χ2n) is 4.48. The smallest absolute Gasteiger partial charge is 0.239 e. The van der Waals surface area contributed by atoms with Crippen molar-refractivity contribution in [3.63, 3.8) is 0 Å². The Labute approximate surface area is 98.8 Å². The number of carbonyl (C=O) groups excluding carboxylic acids is 1. The van der Waals surface area contributed by atoms with E-state index in [9.17, 15) is 4.79 Å². The summed E-state index contributed by atoms with van der Waals surface area (Å²) in [5.41, 5.74) is 5.55. The van der Waals surface area contributed by atoms with Gasteiger partial charge in [0.25, 0.3) is 0 Å². The summed E-state index contributed by atoms with van der Waals surface area (Å²) in [5, 5.41) is 0. The van der Waals surface area contributed by atoms with Crippen LogP contribution in [0.3, 0.4) is 0 Å². The summed E-state index contributed by atoms with van der Waals surface area (Å²) in [4.78, 5) is 16.4. The topological polar surface area (TPSA) is 49.6 Å². The van der Waals surface area contributed by atoms with Gasteiger partial charge in [-0.1, -0.05) is 6.92 Å². The van der Waals surface area contributed by atoms with Crippen molar-refractivity contribution in [1.29, 1.82) is 0 Å². The predicted molar refractivity (Wildman–Crippen MR) is 66.2 cm³/mol. The van der Waals surface area contributed by atoms with E-state index in [2.05, 4.69) is 11.8 Å². The molecule has 1 fully saturated rings. The average Bonchev–Trinajstić information content (AvgIpc) is 2.35. The van der Waals surface area contributed by atoms with Gasteiger partial charge in [0.15, 0.2) is 0 Å². The zero-order chi connectivity index (χ0) is 12.0. The third-order valence-electron chi connectivity index (χ3n) is 3.40. The molecule has 0 spiro atoms. The Hall–Kier alpha value is -0.610. The van der Waals surface area contributed by atoms with Crippen LogP contribution in [0.25, 0.3) is 0 Å². The van der Waals surface area contributed by atoms with Crippen molar-refractivity contribution in [1.82, 2.24) is 9.80 Å². The molecule has 94 valence electrons. The highest BCUT2D eigenvalue weighted by atomic mass is 16.2. The minimum absolute atomic E-state index is 0.0216. The summed E-state index contributed by atoms with van der Waals surface area (Å²) in [5.74, 6) is 0.273. The minimum Gasteiger partial charge on any atom is -0.341 e. The molecule has 0 aliphatic carbocycles. The normalized spacial score (nSPS) is 18.9. The molecule has 1 atom stereocenters. The third-order valence-corrected chi connectivity index (χ3v) is 3.40. The van der Waals surface area contributed by atoms with E-state index in [0.717, 1.165) is 39.0 Å². The molecule has 1 aliphatic rings. The van der Waals surface area contributed by atoms with Gasteiger partial charge in [-0.3, -0.25) is 9.69 Å². The van der Waals surface area contributed by atoms with Gasteiger partial charge in [0.1, 0.15) is 0 Å². The van der Waals surface area contributed by atoms with Crippen LogP contribution in [-0.2, 0) is 4.79 Å². The molecule has 1 unspecified atom stereocenters.